The number of aromatic nitrogens is 6. The van der Waals surface area contributed by atoms with Crippen molar-refractivity contribution in [3.63, 3.8) is 0 Å². The summed E-state index contributed by atoms with van der Waals surface area (Å²) < 4.78 is 142. The number of hydrogen-bond donors (Lipinski definition) is 3. The van der Waals surface area contributed by atoms with Gasteiger partial charge >= 0.3 is 11.4 Å². The number of imidazole rings is 1. The first-order chi connectivity index (χ1) is 52.1. The largest absolute Gasteiger partial charge is 0.493 e. The second kappa shape index (κ2) is 46.2. The van der Waals surface area contributed by atoms with Crippen LogP contribution in [-0.2, 0) is 73.3 Å². The van der Waals surface area contributed by atoms with E-state index in [-0.39, 0.29) is 86.1 Å². The first-order valence-corrected chi connectivity index (χ1v) is 45.0. The van der Waals surface area contributed by atoms with Gasteiger partial charge in [0, 0.05) is 125 Å². The quantitative estimate of drug-likeness (QED) is 0.0157. The van der Waals surface area contributed by atoms with Crippen LogP contribution >= 0.6 is 75.3 Å². The van der Waals surface area contributed by atoms with Crippen molar-refractivity contribution < 1.29 is 102 Å². The van der Waals surface area contributed by atoms with E-state index in [4.69, 9.17) is 61.0 Å². The summed E-state index contributed by atoms with van der Waals surface area (Å²) in [5.41, 5.74) is 16.2. The van der Waals surface area contributed by atoms with Crippen LogP contribution in [0.4, 0.5) is 17.1 Å². The van der Waals surface area contributed by atoms with E-state index in [1.807, 2.05) is 39.8 Å². The molecule has 0 saturated carbocycles. The number of H-pyrrole nitrogens is 1. The van der Waals surface area contributed by atoms with Gasteiger partial charge < -0.3 is 61.8 Å². The monoisotopic (exact) mass is 2090 g/mol. The van der Waals surface area contributed by atoms with Crippen molar-refractivity contribution in [3.8, 4) is 46.0 Å². The fourth-order valence-corrected chi connectivity index (χ4v) is 16.1. The van der Waals surface area contributed by atoms with Crippen molar-refractivity contribution >= 4 is 143 Å². The molecule has 5 N–H and O–H groups in total. The Hall–Kier alpha value is -7.59. The second-order valence-corrected chi connectivity index (χ2v) is 37.0. The topological polar surface area (TPSA) is 438 Å². The van der Waals surface area contributed by atoms with Gasteiger partial charge in [-0.25, -0.2) is 48.4 Å². The fraction of sp³-hybridized carbons (Fsp3) is 0.361. The number of sulfone groups is 4. The van der Waals surface area contributed by atoms with Crippen LogP contribution < -0.4 is 55.1 Å². The molecule has 9 rings (SSSR count). The maximum absolute atomic E-state index is 12.7. The van der Waals surface area contributed by atoms with Crippen LogP contribution in [0.3, 0.4) is 0 Å². The number of nitrogens with two attached hydrogens (primary N) is 2. The zero-order valence-corrected chi connectivity index (χ0v) is 77.0. The van der Waals surface area contributed by atoms with E-state index in [0.29, 0.717) is 131 Å². The van der Waals surface area contributed by atoms with Crippen molar-refractivity contribution in [2.45, 2.75) is 64.5 Å². The average molecular weight is 2100 g/mol. The number of aromatic amines is 1. The number of nitrogens with zero attached hydrogens (tertiary/aromatic N) is 7. The normalized spacial score (nSPS) is 12.2. The third-order valence-electron chi connectivity index (χ3n) is 15.4. The molecule has 0 fully saturated rings. The number of fused-ring (bicyclic) bond motifs is 1. The molecule has 4 atom stereocenters. The van der Waals surface area contributed by atoms with Crippen molar-refractivity contribution in [1.82, 2.24) is 29.5 Å². The summed E-state index contributed by atoms with van der Waals surface area (Å²) in [5.74, 6) is 2.99. The van der Waals surface area contributed by atoms with Gasteiger partial charge in [-0.05, 0) is 181 Å². The summed E-state index contributed by atoms with van der Waals surface area (Å²) in [4.78, 5) is 52.3. The van der Waals surface area contributed by atoms with Crippen LogP contribution in [0, 0.1) is 27.7 Å². The first kappa shape index (κ1) is 99.6. The predicted octanol–water partition coefficient (Wildman–Crippen LogP) is 13.3. The van der Waals surface area contributed by atoms with Gasteiger partial charge in [0.25, 0.3) is 5.69 Å². The van der Waals surface area contributed by atoms with Crippen LogP contribution in [0.15, 0.2) is 145 Å². The third kappa shape index (κ3) is 32.2. The molecular formula is C72H88Br4ClN10O21S4W-. The van der Waals surface area contributed by atoms with Gasteiger partial charge in [-0.3, -0.25) is 34.8 Å². The Bertz CT molecular complexity index is 5260. The zero-order valence-electron chi connectivity index (χ0n) is 63.7. The minimum Gasteiger partial charge on any atom is -0.493 e. The van der Waals surface area contributed by atoms with Gasteiger partial charge in [0.15, 0.2) is 51.6 Å². The summed E-state index contributed by atoms with van der Waals surface area (Å²) in [7, 11) is -6.92. The van der Waals surface area contributed by atoms with Crippen LogP contribution in [0.5, 0.6) is 46.0 Å². The van der Waals surface area contributed by atoms with Crippen LogP contribution in [0.25, 0.3) is 11.2 Å². The number of ether oxygens (including phenoxy) is 8. The molecule has 41 heteroatoms. The molecule has 5 aromatic heterocycles. The SMILES string of the molecule is CCOc1cc([C@@H](CS(C)(=O)=O)n2c(=O)[nH]c3cc(Br)cnc32)ccc1OC.CCOc1cc([C@H](Cc2ncc(Br)cc2N)CS(C)(=O)=O)ccc1OC.CCOc1cc([C@H](Cc2ncc(Br)cc2[N+](=O)[O-])CS(C)(=O)=O)ccc1OC.CCOc1cc([C@H](N)CS(C)(=O)=O)ccc1OC.O=[N+]([O-])c1cc(Br)cnc1Cl.[CH3-].[W]. The summed E-state index contributed by atoms with van der Waals surface area (Å²) >= 11 is 18.3. The number of rotatable bonds is 31. The summed E-state index contributed by atoms with van der Waals surface area (Å²) in [5, 5.41) is 21.5. The minimum absolute atomic E-state index is 0. The summed E-state index contributed by atoms with van der Waals surface area (Å²) in [6.07, 6.45) is 11.2. The van der Waals surface area contributed by atoms with E-state index in [0.717, 1.165) is 22.5 Å². The molecule has 0 unspecified atom stereocenters. The fourth-order valence-electron chi connectivity index (χ4n) is 10.8. The maximum atomic E-state index is 12.7. The molecule has 0 bridgehead atoms. The second-order valence-electron chi connectivity index (χ2n) is 24.3. The van der Waals surface area contributed by atoms with Gasteiger partial charge in [0.2, 0.25) is 5.15 Å². The number of methoxy groups -OCH3 is 4. The van der Waals surface area contributed by atoms with Gasteiger partial charge in [0.1, 0.15) is 45.0 Å². The van der Waals surface area contributed by atoms with E-state index in [2.05, 4.69) is 88.6 Å². The van der Waals surface area contributed by atoms with Crippen molar-refractivity contribution in [3.05, 3.63) is 217 Å². The van der Waals surface area contributed by atoms with Crippen molar-refractivity contribution in [2.24, 2.45) is 5.73 Å². The number of pyridine rings is 4. The molecule has 0 amide bonds. The first-order valence-electron chi connectivity index (χ1n) is 33.2. The van der Waals surface area contributed by atoms with Crippen LogP contribution in [0.1, 0.15) is 85.3 Å². The van der Waals surface area contributed by atoms with E-state index < -0.39 is 72.9 Å². The smallest absolute Gasteiger partial charge is 0.328 e. The molecular weight excluding hydrogens is 2010 g/mol. The van der Waals surface area contributed by atoms with E-state index >= 15 is 0 Å². The predicted molar refractivity (Wildman–Crippen MR) is 446 cm³/mol. The molecule has 113 heavy (non-hydrogen) atoms. The molecule has 0 radical (unpaired) electrons. The number of nitrogens with one attached hydrogen (secondary N) is 1. The number of benzene rings is 4. The van der Waals surface area contributed by atoms with Gasteiger partial charge in [-0.1, -0.05) is 35.9 Å². The molecule has 618 valence electrons. The van der Waals surface area contributed by atoms with Gasteiger partial charge in [0.05, 0.1) is 111 Å². The maximum Gasteiger partial charge on any atom is 0.328 e. The standard InChI is InChI=1S/C18H20BrN3O5S.C18H21BrN2O6S.C18H23BrN2O4S.C12H19NO4S.C5H2BrClN2O2.CH3.W/c1-4-27-16-7-11(5-6-15(16)26-2)14(10-28(3,24)25)22-17-13(21-18(22)23)8-12(19)9-20-17;1-4-27-18-8-12(5-6-17(18)26-2)13(11-28(3,24)25)7-15-16(21(22)23)9-14(19)10-20-15;1-4-25-18-8-12(5-6-17(18)24-2)13(11-26(3,22)23)7-16-15(20)9-14(19)10-21-16;1-4-17-12-7-9(5-6-11(12)16-2)10(13)8-18(3,14)15;6-3-1-4(9(10)11)5(7)8-2-3;;/h5-9,14H,4,10H2,1-3H3,(H,21,23);5-6,8-10,13H,4,7,11H2,1-3H3;5-6,8-10,13H,4,7,11,20H2,1-3H3;5-7,10H,4,8,13H2,1-3H3;1-2H;1H3;/q;;;;;-1;/t14-;2*13-;10-;;;/m1111.../s1. The van der Waals surface area contributed by atoms with Crippen LogP contribution in [0.2, 0.25) is 5.15 Å². The number of anilines is 1. The Kier molecular flexibility index (Phi) is 40.7. The number of nitrogen functional groups attached to an aromatic ring is 1. The Morgan fingerprint density at radius 3 is 1.22 bits per heavy atom. The number of halogens is 5. The third-order valence-corrected chi connectivity index (χ3v) is 21.4. The Labute approximate surface area is 710 Å². The average Bonchev–Trinajstić information content (AvgIpc) is 1.63. The number of hydrogen-bond acceptors (Lipinski definition) is 27. The molecule has 5 heterocycles. The Balaban J connectivity index is 0.000000374. The van der Waals surface area contributed by atoms with Crippen LogP contribution in [-0.4, -0.2) is 176 Å². The molecule has 0 spiro atoms. The van der Waals surface area contributed by atoms with E-state index in [9.17, 15) is 58.7 Å². The molecule has 4 aromatic carbocycles. The van der Waals surface area contributed by atoms with Gasteiger partial charge in [-0.15, -0.1) is 0 Å². The molecule has 0 aliphatic carbocycles. The zero-order chi connectivity index (χ0) is 82.9. The molecule has 31 nitrogen and oxygen atoms in total. The van der Waals surface area contributed by atoms with Crippen molar-refractivity contribution in [1.29, 1.82) is 0 Å². The Morgan fingerprint density at radius 1 is 0.487 bits per heavy atom. The minimum atomic E-state index is -3.41. The van der Waals surface area contributed by atoms with E-state index in [1.165, 1.54) is 55.8 Å². The number of nitro groups is 2. The van der Waals surface area contributed by atoms with Gasteiger partial charge in [-0.2, -0.15) is 0 Å². The molecule has 0 aliphatic rings. The van der Waals surface area contributed by atoms with Crippen molar-refractivity contribution in [2.75, 3.05) is 109 Å². The molecule has 9 aromatic rings. The summed E-state index contributed by atoms with van der Waals surface area (Å²) in [6.45, 7) is 9.23. The molecule has 0 saturated heterocycles. The summed E-state index contributed by atoms with van der Waals surface area (Å²) in [6, 6.07) is 25.7. The Morgan fingerprint density at radius 2 is 0.832 bits per heavy atom. The van der Waals surface area contributed by atoms with E-state index in [1.54, 1.807) is 99.4 Å². The molecule has 0 aliphatic heterocycles.